The van der Waals surface area contributed by atoms with Crippen molar-refractivity contribution >= 4 is 100 Å². The topological polar surface area (TPSA) is 57.9 Å². The molecule has 0 saturated carbocycles. The molecule has 0 saturated heterocycles. The first-order valence-electron chi connectivity index (χ1n) is 24.8. The number of fused-ring (bicyclic) bond motifs is 11. The Morgan fingerprint density at radius 3 is 1.38 bits per heavy atom. The lowest BCUT2D eigenvalue weighted by Crippen LogP contribution is -2.74. The third-order valence-corrected chi connectivity index (χ3v) is 19.7. The van der Waals surface area contributed by atoms with Crippen LogP contribution in [-0.2, 0) is 0 Å². The molecule has 15 rings (SSSR count). The minimum Gasteiger partial charge on any atom is -0.309 e. The Labute approximate surface area is 420 Å². The van der Waals surface area contributed by atoms with Gasteiger partial charge in [-0.1, -0.05) is 194 Å². The van der Waals surface area contributed by atoms with Gasteiger partial charge in [-0.05, 0) is 81.4 Å². The Morgan fingerprint density at radius 1 is 0.288 bits per heavy atom. The molecule has 342 valence electrons. The average Bonchev–Trinajstić information content (AvgIpc) is 4.20. The quantitative estimate of drug-likeness (QED) is 0.113. The molecule has 0 spiro atoms. The Morgan fingerprint density at radius 2 is 0.767 bits per heavy atom. The van der Waals surface area contributed by atoms with Crippen LogP contribution in [0.2, 0.25) is 0 Å². The molecule has 0 aliphatic heterocycles. The van der Waals surface area contributed by atoms with Crippen molar-refractivity contribution in [3.63, 3.8) is 0 Å². The van der Waals surface area contributed by atoms with Gasteiger partial charge in [0.25, 0.3) is 0 Å². The van der Waals surface area contributed by atoms with Gasteiger partial charge < -0.3 is 4.57 Å². The third-order valence-electron chi connectivity index (χ3n) is 14.9. The number of para-hydroxylation sites is 7. The van der Waals surface area contributed by atoms with Crippen molar-refractivity contribution < 1.29 is 0 Å². The fraction of sp³-hybridized carbons (Fsp3) is 0. The number of aromatic nitrogens is 7. The van der Waals surface area contributed by atoms with E-state index in [1.807, 2.05) is 6.07 Å². The largest absolute Gasteiger partial charge is 0.309 e. The minimum absolute atomic E-state index is 0.605. The number of rotatable bonds is 8. The molecule has 0 amide bonds. The molecule has 5 heterocycles. The van der Waals surface area contributed by atoms with Gasteiger partial charge >= 0.3 is 0 Å². The van der Waals surface area contributed by atoms with Gasteiger partial charge in [0.2, 0.25) is 5.78 Å². The number of nitrogens with zero attached hydrogens (tertiary/aromatic N) is 7. The highest BCUT2D eigenvalue weighted by Gasteiger charge is 2.41. The minimum atomic E-state index is -2.85. The summed E-state index contributed by atoms with van der Waals surface area (Å²) in [6.45, 7) is 0. The van der Waals surface area contributed by atoms with Crippen molar-refractivity contribution in [1.29, 1.82) is 0 Å². The average molecular weight is 950 g/mol. The second kappa shape index (κ2) is 16.2. The Kier molecular flexibility index (Phi) is 9.14. The van der Waals surface area contributed by atoms with Crippen LogP contribution in [0.4, 0.5) is 0 Å². The van der Waals surface area contributed by atoms with Crippen LogP contribution in [0.5, 0.6) is 0 Å². The molecule has 5 aromatic heterocycles. The first-order valence-corrected chi connectivity index (χ1v) is 26.8. The van der Waals surface area contributed by atoms with Crippen molar-refractivity contribution in [3.8, 4) is 28.7 Å². The Bertz CT molecular complexity index is 4480. The summed E-state index contributed by atoms with van der Waals surface area (Å²) in [6.07, 6.45) is 0. The summed E-state index contributed by atoms with van der Waals surface area (Å²) < 4.78 is 9.14. The van der Waals surface area contributed by atoms with Crippen molar-refractivity contribution in [2.45, 2.75) is 0 Å². The highest BCUT2D eigenvalue weighted by atomic mass is 28.3. The predicted octanol–water partition coefficient (Wildman–Crippen LogP) is 12.5. The summed E-state index contributed by atoms with van der Waals surface area (Å²) in [5.41, 5.74) is 10.4. The van der Waals surface area contributed by atoms with Crippen LogP contribution in [0.25, 0.3) is 100 Å². The van der Waals surface area contributed by atoms with Gasteiger partial charge in [-0.25, -0.2) is 15.0 Å². The highest BCUT2D eigenvalue weighted by Crippen LogP contribution is 2.37. The normalized spacial score (nSPS) is 12.1. The van der Waals surface area contributed by atoms with Gasteiger partial charge in [0, 0.05) is 38.9 Å². The molecule has 0 fully saturated rings. The number of benzene rings is 10. The first kappa shape index (κ1) is 41.2. The molecule has 8 heteroatoms. The van der Waals surface area contributed by atoms with Gasteiger partial charge in [-0.15, -0.1) is 0 Å². The van der Waals surface area contributed by atoms with Gasteiger partial charge in [0.1, 0.15) is 11.6 Å². The van der Waals surface area contributed by atoms with E-state index in [9.17, 15) is 0 Å². The van der Waals surface area contributed by atoms with Gasteiger partial charge in [-0.3, -0.25) is 13.5 Å². The molecule has 0 atom stereocenters. The molecular formula is C65H43N7Si. The second-order valence-corrected chi connectivity index (χ2v) is 22.6. The molecule has 15 aromatic rings. The summed E-state index contributed by atoms with van der Waals surface area (Å²) in [5, 5.41) is 10.1. The zero-order valence-corrected chi connectivity index (χ0v) is 40.5. The van der Waals surface area contributed by atoms with Crippen LogP contribution in [0, 0.1) is 0 Å². The lowest BCUT2D eigenvalue weighted by molar-refractivity contribution is 0.980. The van der Waals surface area contributed by atoms with Crippen LogP contribution >= 0.6 is 0 Å². The van der Waals surface area contributed by atoms with Crippen LogP contribution in [0.1, 0.15) is 0 Å². The van der Waals surface area contributed by atoms with Crippen molar-refractivity contribution in [2.24, 2.45) is 0 Å². The van der Waals surface area contributed by atoms with E-state index < -0.39 is 8.07 Å². The fourth-order valence-electron chi connectivity index (χ4n) is 11.9. The van der Waals surface area contributed by atoms with E-state index in [0.717, 1.165) is 83.6 Å². The molecule has 0 aliphatic rings. The summed E-state index contributed by atoms with van der Waals surface area (Å²) in [5.74, 6) is 2.86. The standard InChI is InChI=1S/C65H43N7Si/c1-4-23-46(24-5-1)73(47-25-6-2-7-26-47,48-27-8-3-9-28-48)49-39-40-58-53(42-49)52-31-12-16-35-57(52)70(58)62-43-63(72-61-38-19-18-37-60(61)71-59-36-17-13-32-54(59)66-65(71)72)68-64(67-62)44-21-20-22-45(41-44)69-55-33-14-10-29-50(55)51-30-11-15-34-56(51)69/h1-43H. The van der Waals surface area contributed by atoms with Crippen LogP contribution in [0.3, 0.4) is 0 Å². The molecule has 73 heavy (non-hydrogen) atoms. The highest BCUT2D eigenvalue weighted by molar-refractivity contribution is 7.20. The molecule has 10 aromatic carbocycles. The molecule has 0 unspecified atom stereocenters. The lowest BCUT2D eigenvalue weighted by atomic mass is 10.1. The SMILES string of the molecule is c1ccc([Si](c2ccccc2)(c2ccccc2)c2ccc3c(c2)c2ccccc2n3-c2cc(-n3c4ccccc4n4c5ccccc5nc34)nc(-c3cccc(-n4c5ccccc5c5ccccc54)c3)n2)cc1. The van der Waals surface area contributed by atoms with E-state index >= 15 is 0 Å². The van der Waals surface area contributed by atoms with E-state index in [2.05, 4.69) is 273 Å². The van der Waals surface area contributed by atoms with Crippen molar-refractivity contribution in [1.82, 2.24) is 33.1 Å². The fourth-order valence-corrected chi connectivity index (χ4v) is 16.6. The Hall–Kier alpha value is -9.63. The van der Waals surface area contributed by atoms with Crippen molar-refractivity contribution in [3.05, 3.63) is 261 Å². The summed E-state index contributed by atoms with van der Waals surface area (Å²) >= 11 is 0. The maximum atomic E-state index is 5.63. The molecule has 0 N–H and O–H groups in total. The maximum Gasteiger partial charge on any atom is 0.221 e. The number of hydrogen-bond acceptors (Lipinski definition) is 3. The lowest BCUT2D eigenvalue weighted by Gasteiger charge is -2.34. The monoisotopic (exact) mass is 949 g/mol. The molecule has 0 bridgehead atoms. The van der Waals surface area contributed by atoms with E-state index in [0.29, 0.717) is 5.82 Å². The zero-order chi connectivity index (χ0) is 48.0. The zero-order valence-electron chi connectivity index (χ0n) is 39.5. The van der Waals surface area contributed by atoms with Crippen LogP contribution < -0.4 is 20.7 Å². The van der Waals surface area contributed by atoms with Crippen LogP contribution in [-0.4, -0.2) is 41.1 Å². The van der Waals surface area contributed by atoms with E-state index in [1.54, 1.807) is 0 Å². The third kappa shape index (κ3) is 6.14. The molecule has 7 nitrogen and oxygen atoms in total. The smallest absolute Gasteiger partial charge is 0.221 e. The number of imidazole rings is 2. The van der Waals surface area contributed by atoms with Gasteiger partial charge in [0.05, 0.1) is 44.1 Å². The summed E-state index contributed by atoms with van der Waals surface area (Å²) in [6, 6.07) is 94.3. The summed E-state index contributed by atoms with van der Waals surface area (Å²) in [7, 11) is -2.85. The van der Waals surface area contributed by atoms with Crippen molar-refractivity contribution in [2.75, 3.05) is 0 Å². The molecule has 0 aliphatic carbocycles. The maximum absolute atomic E-state index is 5.63. The second-order valence-electron chi connectivity index (χ2n) is 18.8. The number of hydrogen-bond donors (Lipinski definition) is 0. The Balaban J connectivity index is 1.01. The van der Waals surface area contributed by atoms with E-state index in [4.69, 9.17) is 15.0 Å². The van der Waals surface area contributed by atoms with E-state index in [-0.39, 0.29) is 0 Å². The first-order chi connectivity index (χ1) is 36.2. The van der Waals surface area contributed by atoms with Gasteiger partial charge in [-0.2, -0.15) is 0 Å². The van der Waals surface area contributed by atoms with E-state index in [1.165, 1.54) is 31.5 Å². The molecular weight excluding hydrogens is 907 g/mol. The van der Waals surface area contributed by atoms with Crippen LogP contribution in [0.15, 0.2) is 261 Å². The molecule has 0 radical (unpaired) electrons. The summed E-state index contributed by atoms with van der Waals surface area (Å²) in [4.78, 5) is 16.5. The predicted molar refractivity (Wildman–Crippen MR) is 303 cm³/mol. The van der Waals surface area contributed by atoms with Gasteiger partial charge in [0.15, 0.2) is 13.9 Å².